The number of hydrogen-bond donors (Lipinski definition) is 3. The van der Waals surface area contributed by atoms with Crippen LogP contribution in [0.1, 0.15) is 52.8 Å². The first kappa shape index (κ1) is 21.4. The van der Waals surface area contributed by atoms with Gasteiger partial charge in [-0.15, -0.1) is 0 Å². The summed E-state index contributed by atoms with van der Waals surface area (Å²) in [6, 6.07) is 12.4. The van der Waals surface area contributed by atoms with Gasteiger partial charge in [0.25, 0.3) is 17.5 Å². The number of nitro groups is 1. The van der Waals surface area contributed by atoms with Crippen LogP contribution in [0, 0.1) is 10.1 Å². The Morgan fingerprint density at radius 1 is 0.967 bits per heavy atom. The first-order valence-corrected chi connectivity index (χ1v) is 10.1. The highest BCUT2D eigenvalue weighted by molar-refractivity contribution is 7.80. The third-order valence-electron chi connectivity index (χ3n) is 4.87. The van der Waals surface area contributed by atoms with E-state index in [1.165, 1.54) is 30.7 Å². The molecule has 1 aliphatic rings. The summed E-state index contributed by atoms with van der Waals surface area (Å²) in [5.74, 6) is -0.709. The fraction of sp³-hybridized carbons (Fsp3) is 0.286. The van der Waals surface area contributed by atoms with Crippen LogP contribution in [0.25, 0.3) is 0 Å². The molecule has 0 radical (unpaired) electrons. The van der Waals surface area contributed by atoms with Crippen LogP contribution in [0.15, 0.2) is 48.5 Å². The van der Waals surface area contributed by atoms with Gasteiger partial charge in [-0.25, -0.2) is 0 Å². The first-order chi connectivity index (χ1) is 14.4. The van der Waals surface area contributed by atoms with Crippen LogP contribution in [0.2, 0.25) is 0 Å². The normalized spacial score (nSPS) is 13.9. The first-order valence-electron chi connectivity index (χ1n) is 9.70. The zero-order valence-electron chi connectivity index (χ0n) is 16.2. The molecule has 0 atom stereocenters. The summed E-state index contributed by atoms with van der Waals surface area (Å²) < 4.78 is 0. The molecule has 3 N–H and O–H groups in total. The van der Waals surface area contributed by atoms with Gasteiger partial charge in [-0.1, -0.05) is 31.4 Å². The van der Waals surface area contributed by atoms with Gasteiger partial charge in [0.05, 0.1) is 4.92 Å². The van der Waals surface area contributed by atoms with Crippen molar-refractivity contribution in [3.8, 4) is 0 Å². The predicted molar refractivity (Wildman–Crippen MR) is 118 cm³/mol. The molecule has 2 aromatic carbocycles. The van der Waals surface area contributed by atoms with Crippen LogP contribution >= 0.6 is 12.2 Å². The molecule has 0 aliphatic heterocycles. The number of rotatable bonds is 5. The van der Waals surface area contributed by atoms with Crippen LogP contribution in [-0.2, 0) is 0 Å². The number of amides is 2. The van der Waals surface area contributed by atoms with Crippen LogP contribution < -0.4 is 16.0 Å². The van der Waals surface area contributed by atoms with E-state index in [1.807, 2.05) is 0 Å². The van der Waals surface area contributed by atoms with E-state index >= 15 is 0 Å². The van der Waals surface area contributed by atoms with Gasteiger partial charge in [-0.2, -0.15) is 0 Å². The van der Waals surface area contributed by atoms with Crippen molar-refractivity contribution in [2.75, 3.05) is 5.32 Å². The number of non-ortho nitro benzene ring substituents is 1. The Morgan fingerprint density at radius 3 is 2.33 bits per heavy atom. The smallest absolute Gasteiger partial charge is 0.270 e. The second kappa shape index (κ2) is 9.93. The molecule has 9 heteroatoms. The molecule has 0 aromatic heterocycles. The zero-order valence-corrected chi connectivity index (χ0v) is 17.0. The number of nitro benzene ring substituents is 1. The quantitative estimate of drug-likeness (QED) is 0.381. The molecule has 30 heavy (non-hydrogen) atoms. The van der Waals surface area contributed by atoms with E-state index < -0.39 is 10.8 Å². The van der Waals surface area contributed by atoms with Gasteiger partial charge in [0.2, 0.25) is 0 Å². The molecule has 1 fully saturated rings. The molecule has 0 saturated heterocycles. The van der Waals surface area contributed by atoms with E-state index in [4.69, 9.17) is 12.2 Å². The topological polar surface area (TPSA) is 113 Å². The second-order valence-corrected chi connectivity index (χ2v) is 7.51. The van der Waals surface area contributed by atoms with Crippen molar-refractivity contribution in [3.05, 3.63) is 69.8 Å². The molecule has 0 bridgehead atoms. The van der Waals surface area contributed by atoms with Gasteiger partial charge in [0.15, 0.2) is 5.11 Å². The molecule has 0 unspecified atom stereocenters. The summed E-state index contributed by atoms with van der Waals surface area (Å²) in [6.45, 7) is 0. The van der Waals surface area contributed by atoms with Gasteiger partial charge in [-0.3, -0.25) is 25.0 Å². The van der Waals surface area contributed by atoms with Crippen molar-refractivity contribution in [2.24, 2.45) is 0 Å². The Hall–Kier alpha value is -3.33. The van der Waals surface area contributed by atoms with E-state index in [2.05, 4.69) is 16.0 Å². The van der Waals surface area contributed by atoms with Crippen LogP contribution in [0.5, 0.6) is 0 Å². The highest BCUT2D eigenvalue weighted by Gasteiger charge is 2.17. The second-order valence-electron chi connectivity index (χ2n) is 7.10. The maximum Gasteiger partial charge on any atom is 0.270 e. The lowest BCUT2D eigenvalue weighted by atomic mass is 9.95. The number of benzene rings is 2. The van der Waals surface area contributed by atoms with Crippen molar-refractivity contribution < 1.29 is 14.5 Å². The predicted octanol–water partition coefficient (Wildman–Crippen LogP) is 3.78. The highest BCUT2D eigenvalue weighted by Crippen LogP contribution is 2.18. The van der Waals surface area contributed by atoms with E-state index in [0.717, 1.165) is 25.7 Å². The van der Waals surface area contributed by atoms with Crippen LogP contribution in [0.4, 0.5) is 11.4 Å². The number of nitrogens with one attached hydrogen (secondary N) is 3. The SMILES string of the molecule is O=C(NC(=S)Nc1cccc(C(=O)NC2CCCCC2)c1)c1cccc([N+](=O)[O-])c1. The molecule has 1 saturated carbocycles. The number of carbonyl (C=O) groups excluding carboxylic acids is 2. The Labute approximate surface area is 179 Å². The Morgan fingerprint density at radius 2 is 1.63 bits per heavy atom. The lowest BCUT2D eigenvalue weighted by Gasteiger charge is -2.22. The van der Waals surface area contributed by atoms with Gasteiger partial charge in [-0.05, 0) is 49.3 Å². The highest BCUT2D eigenvalue weighted by atomic mass is 32.1. The van der Waals surface area contributed by atoms with Gasteiger partial charge in [0, 0.05) is 35.0 Å². The van der Waals surface area contributed by atoms with Gasteiger partial charge < -0.3 is 10.6 Å². The molecule has 3 rings (SSSR count). The van der Waals surface area contributed by atoms with Crippen molar-refractivity contribution >= 4 is 40.5 Å². The molecule has 156 valence electrons. The molecule has 0 heterocycles. The largest absolute Gasteiger partial charge is 0.349 e. The third-order valence-corrected chi connectivity index (χ3v) is 5.07. The summed E-state index contributed by atoms with van der Waals surface area (Å²) in [5, 5.41) is 19.3. The summed E-state index contributed by atoms with van der Waals surface area (Å²) in [6.07, 6.45) is 5.47. The third kappa shape index (κ3) is 5.84. The fourth-order valence-electron chi connectivity index (χ4n) is 3.35. The molecular weight excluding hydrogens is 404 g/mol. The van der Waals surface area contributed by atoms with Crippen LogP contribution in [-0.4, -0.2) is 27.9 Å². The zero-order chi connectivity index (χ0) is 21.5. The Balaban J connectivity index is 1.59. The molecule has 0 spiro atoms. The summed E-state index contributed by atoms with van der Waals surface area (Å²) in [5.41, 5.74) is 0.987. The average Bonchev–Trinajstić information content (AvgIpc) is 2.74. The van der Waals surface area contributed by atoms with Crippen molar-refractivity contribution in [3.63, 3.8) is 0 Å². The number of hydrogen-bond acceptors (Lipinski definition) is 5. The maximum atomic E-state index is 12.5. The van der Waals surface area contributed by atoms with Crippen molar-refractivity contribution in [2.45, 2.75) is 38.1 Å². The van der Waals surface area contributed by atoms with E-state index in [-0.39, 0.29) is 28.3 Å². The molecule has 2 aromatic rings. The molecular formula is C21H22N4O4S. The minimum Gasteiger partial charge on any atom is -0.349 e. The Bertz CT molecular complexity index is 973. The summed E-state index contributed by atoms with van der Waals surface area (Å²) in [7, 11) is 0. The molecule has 2 amide bonds. The fourth-order valence-corrected chi connectivity index (χ4v) is 3.56. The van der Waals surface area contributed by atoms with Crippen molar-refractivity contribution in [1.82, 2.24) is 10.6 Å². The summed E-state index contributed by atoms with van der Waals surface area (Å²) in [4.78, 5) is 35.1. The minimum atomic E-state index is -0.572. The lowest BCUT2D eigenvalue weighted by molar-refractivity contribution is -0.384. The standard InChI is InChI=1S/C21H22N4O4S/c26-19(22-16-8-2-1-3-9-16)14-6-4-10-17(12-14)23-21(30)24-20(27)15-7-5-11-18(13-15)25(28)29/h4-7,10-13,16H,1-3,8-9H2,(H,22,26)(H2,23,24,27,30). The number of anilines is 1. The van der Waals surface area contributed by atoms with Gasteiger partial charge >= 0.3 is 0 Å². The Kier molecular flexibility index (Phi) is 7.08. The van der Waals surface area contributed by atoms with E-state index in [9.17, 15) is 19.7 Å². The van der Waals surface area contributed by atoms with E-state index in [1.54, 1.807) is 24.3 Å². The minimum absolute atomic E-state index is 0.0244. The molecule has 8 nitrogen and oxygen atoms in total. The lowest BCUT2D eigenvalue weighted by Crippen LogP contribution is -2.36. The van der Waals surface area contributed by atoms with Crippen molar-refractivity contribution in [1.29, 1.82) is 0 Å². The number of nitrogens with zero attached hydrogens (tertiary/aromatic N) is 1. The maximum absolute atomic E-state index is 12.5. The monoisotopic (exact) mass is 426 g/mol. The average molecular weight is 426 g/mol. The van der Waals surface area contributed by atoms with Gasteiger partial charge in [0.1, 0.15) is 0 Å². The molecule has 1 aliphatic carbocycles. The number of thiocarbonyl (C=S) groups is 1. The summed E-state index contributed by atoms with van der Waals surface area (Å²) >= 11 is 5.16. The van der Waals surface area contributed by atoms with E-state index in [0.29, 0.717) is 11.3 Å². The van der Waals surface area contributed by atoms with Crippen LogP contribution in [0.3, 0.4) is 0 Å². The number of carbonyl (C=O) groups is 2.